The van der Waals surface area contributed by atoms with E-state index < -0.39 is 5.60 Å². The van der Waals surface area contributed by atoms with Crippen LogP contribution in [0.3, 0.4) is 0 Å². The molecule has 13 heavy (non-hydrogen) atoms. The Morgan fingerprint density at radius 1 is 1.62 bits per heavy atom. The second-order valence-electron chi connectivity index (χ2n) is 4.07. The van der Waals surface area contributed by atoms with Crippen molar-refractivity contribution in [2.75, 3.05) is 0 Å². The summed E-state index contributed by atoms with van der Waals surface area (Å²) in [4.78, 5) is 1.24. The SMILES string of the molecule is CC1(O)CCCCC1c1ccns1. The van der Waals surface area contributed by atoms with Crippen LogP contribution in [0.1, 0.15) is 43.4 Å². The van der Waals surface area contributed by atoms with Crippen molar-refractivity contribution in [2.24, 2.45) is 0 Å². The standard InChI is InChI=1S/C10H15NOS/c1-10(12)6-3-2-4-8(10)9-5-7-11-13-9/h5,7-8,12H,2-4,6H2,1H3. The van der Waals surface area contributed by atoms with Crippen molar-refractivity contribution in [2.45, 2.75) is 44.1 Å². The molecule has 0 aromatic carbocycles. The molecule has 3 heteroatoms. The summed E-state index contributed by atoms with van der Waals surface area (Å²) in [7, 11) is 0. The first kappa shape index (κ1) is 9.16. The molecule has 1 fully saturated rings. The molecule has 2 atom stereocenters. The zero-order valence-electron chi connectivity index (χ0n) is 7.86. The van der Waals surface area contributed by atoms with Gasteiger partial charge in [0.15, 0.2) is 0 Å². The normalized spacial score (nSPS) is 34.8. The first-order valence-corrected chi connectivity index (χ1v) is 5.60. The van der Waals surface area contributed by atoms with E-state index in [2.05, 4.69) is 4.37 Å². The van der Waals surface area contributed by atoms with E-state index in [0.29, 0.717) is 5.92 Å². The molecular formula is C10H15NOS. The summed E-state index contributed by atoms with van der Waals surface area (Å²) in [5.41, 5.74) is -0.509. The molecule has 1 aliphatic rings. The molecule has 0 amide bonds. The first-order valence-electron chi connectivity index (χ1n) is 4.83. The number of aromatic nitrogens is 1. The molecule has 2 nitrogen and oxygen atoms in total. The van der Waals surface area contributed by atoms with Gasteiger partial charge < -0.3 is 5.11 Å². The highest BCUT2D eigenvalue weighted by molar-refractivity contribution is 7.05. The van der Waals surface area contributed by atoms with Gasteiger partial charge in [0.2, 0.25) is 0 Å². The molecule has 2 rings (SSSR count). The van der Waals surface area contributed by atoms with Gasteiger partial charge in [0.1, 0.15) is 0 Å². The molecule has 0 spiro atoms. The summed E-state index contributed by atoms with van der Waals surface area (Å²) < 4.78 is 4.09. The van der Waals surface area contributed by atoms with Gasteiger partial charge >= 0.3 is 0 Å². The molecular weight excluding hydrogens is 182 g/mol. The minimum absolute atomic E-state index is 0.314. The average molecular weight is 197 g/mol. The van der Waals surface area contributed by atoms with Crippen LogP contribution in [-0.4, -0.2) is 15.1 Å². The lowest BCUT2D eigenvalue weighted by Crippen LogP contribution is -2.35. The predicted molar refractivity (Wildman–Crippen MR) is 53.9 cm³/mol. The topological polar surface area (TPSA) is 33.1 Å². The lowest BCUT2D eigenvalue weighted by molar-refractivity contribution is 0.00178. The minimum Gasteiger partial charge on any atom is -0.390 e. The van der Waals surface area contributed by atoms with E-state index in [1.807, 2.05) is 19.2 Å². The molecule has 0 saturated heterocycles. The second kappa shape index (κ2) is 3.39. The maximum atomic E-state index is 10.2. The monoisotopic (exact) mass is 197 g/mol. The molecule has 1 heterocycles. The highest BCUT2D eigenvalue weighted by atomic mass is 32.1. The first-order chi connectivity index (χ1) is 6.20. The predicted octanol–water partition coefficient (Wildman–Crippen LogP) is 2.55. The van der Waals surface area contributed by atoms with Gasteiger partial charge in [0.25, 0.3) is 0 Å². The van der Waals surface area contributed by atoms with Crippen LogP contribution in [-0.2, 0) is 0 Å². The lowest BCUT2D eigenvalue weighted by atomic mass is 9.76. The molecule has 1 N–H and O–H groups in total. The van der Waals surface area contributed by atoms with E-state index >= 15 is 0 Å². The smallest absolute Gasteiger partial charge is 0.0696 e. The van der Waals surface area contributed by atoms with Crippen molar-refractivity contribution in [3.63, 3.8) is 0 Å². The van der Waals surface area contributed by atoms with Crippen LogP contribution >= 0.6 is 11.5 Å². The summed E-state index contributed by atoms with van der Waals surface area (Å²) in [6.07, 6.45) is 6.25. The highest BCUT2D eigenvalue weighted by Crippen LogP contribution is 2.41. The third kappa shape index (κ3) is 1.76. The molecule has 0 aliphatic heterocycles. The van der Waals surface area contributed by atoms with Crippen molar-refractivity contribution in [3.8, 4) is 0 Å². The van der Waals surface area contributed by atoms with E-state index in [1.165, 1.54) is 22.8 Å². The van der Waals surface area contributed by atoms with E-state index in [0.717, 1.165) is 19.3 Å². The summed E-state index contributed by atoms with van der Waals surface area (Å²) in [5, 5.41) is 10.2. The molecule has 1 aromatic heterocycles. The minimum atomic E-state index is -0.509. The van der Waals surface area contributed by atoms with Crippen molar-refractivity contribution in [3.05, 3.63) is 17.1 Å². The van der Waals surface area contributed by atoms with Crippen LogP contribution in [0.5, 0.6) is 0 Å². The Kier molecular flexibility index (Phi) is 2.39. The molecule has 0 bridgehead atoms. The third-order valence-corrected chi connectivity index (χ3v) is 3.84. The van der Waals surface area contributed by atoms with Crippen molar-refractivity contribution in [1.29, 1.82) is 0 Å². The zero-order chi connectivity index (χ0) is 9.31. The number of nitrogens with zero attached hydrogens (tertiary/aromatic N) is 1. The maximum Gasteiger partial charge on any atom is 0.0696 e. The molecule has 72 valence electrons. The van der Waals surface area contributed by atoms with Crippen LogP contribution in [0.25, 0.3) is 0 Å². The number of rotatable bonds is 1. The fourth-order valence-corrected chi connectivity index (χ4v) is 3.03. The lowest BCUT2D eigenvalue weighted by Gasteiger charge is -2.36. The average Bonchev–Trinajstić information content (AvgIpc) is 2.55. The van der Waals surface area contributed by atoms with E-state index in [9.17, 15) is 5.11 Å². The Labute approximate surface area is 82.8 Å². The van der Waals surface area contributed by atoms with Crippen LogP contribution in [0.15, 0.2) is 12.3 Å². The van der Waals surface area contributed by atoms with E-state index in [-0.39, 0.29) is 0 Å². The Morgan fingerprint density at radius 3 is 3.08 bits per heavy atom. The van der Waals surface area contributed by atoms with Gasteiger partial charge in [-0.2, -0.15) is 0 Å². The maximum absolute atomic E-state index is 10.2. The van der Waals surface area contributed by atoms with Gasteiger partial charge in [-0.1, -0.05) is 12.8 Å². The fourth-order valence-electron chi connectivity index (χ4n) is 2.17. The van der Waals surface area contributed by atoms with Crippen molar-refractivity contribution < 1.29 is 5.11 Å². The summed E-state index contributed by atoms with van der Waals surface area (Å²) >= 11 is 1.52. The number of hydrogen-bond donors (Lipinski definition) is 1. The van der Waals surface area contributed by atoms with Crippen LogP contribution < -0.4 is 0 Å². The Balaban J connectivity index is 2.21. The second-order valence-corrected chi connectivity index (χ2v) is 4.94. The van der Waals surface area contributed by atoms with Crippen LogP contribution in [0.4, 0.5) is 0 Å². The van der Waals surface area contributed by atoms with E-state index in [1.54, 1.807) is 0 Å². The van der Waals surface area contributed by atoms with Crippen LogP contribution in [0.2, 0.25) is 0 Å². The summed E-state index contributed by atoms with van der Waals surface area (Å²) in [5.74, 6) is 0.314. The highest BCUT2D eigenvalue weighted by Gasteiger charge is 2.36. The van der Waals surface area contributed by atoms with Crippen LogP contribution in [0, 0.1) is 0 Å². The Bertz CT molecular complexity index is 268. The van der Waals surface area contributed by atoms with Gasteiger partial charge in [-0.25, -0.2) is 4.37 Å². The Hall–Kier alpha value is -0.410. The third-order valence-electron chi connectivity index (χ3n) is 2.98. The fraction of sp³-hybridized carbons (Fsp3) is 0.700. The van der Waals surface area contributed by atoms with Gasteiger partial charge in [0.05, 0.1) is 5.60 Å². The summed E-state index contributed by atoms with van der Waals surface area (Å²) in [6.45, 7) is 1.95. The molecule has 0 radical (unpaired) electrons. The van der Waals surface area contributed by atoms with Crippen molar-refractivity contribution in [1.82, 2.24) is 4.37 Å². The van der Waals surface area contributed by atoms with E-state index in [4.69, 9.17) is 0 Å². The van der Waals surface area contributed by atoms with Gasteiger partial charge in [-0.05, 0) is 37.4 Å². The quantitative estimate of drug-likeness (QED) is 0.750. The van der Waals surface area contributed by atoms with Gasteiger partial charge in [-0.15, -0.1) is 0 Å². The molecule has 1 aliphatic carbocycles. The zero-order valence-corrected chi connectivity index (χ0v) is 8.68. The Morgan fingerprint density at radius 2 is 2.46 bits per heavy atom. The van der Waals surface area contributed by atoms with Gasteiger partial charge in [-0.3, -0.25) is 0 Å². The van der Waals surface area contributed by atoms with Gasteiger partial charge in [0, 0.05) is 17.0 Å². The summed E-state index contributed by atoms with van der Waals surface area (Å²) in [6, 6.07) is 2.04. The largest absolute Gasteiger partial charge is 0.390 e. The number of aliphatic hydroxyl groups is 1. The number of hydrogen-bond acceptors (Lipinski definition) is 3. The molecule has 2 unspecified atom stereocenters. The molecule has 1 aromatic rings. The van der Waals surface area contributed by atoms with Crippen molar-refractivity contribution >= 4 is 11.5 Å². The molecule has 1 saturated carbocycles.